The molecular formula is C21H23N5OS. The average molecular weight is 394 g/mol. The number of rotatable bonds is 5. The van der Waals surface area contributed by atoms with Gasteiger partial charge in [-0.3, -0.25) is 4.79 Å². The highest BCUT2D eigenvalue weighted by molar-refractivity contribution is 8.00. The Labute approximate surface area is 168 Å². The van der Waals surface area contributed by atoms with Crippen LogP contribution in [0.15, 0.2) is 59.8 Å². The number of nitrogens with zero attached hydrogens (tertiary/aromatic N) is 3. The van der Waals surface area contributed by atoms with Crippen LogP contribution in [0.25, 0.3) is 0 Å². The second-order valence-corrected chi connectivity index (χ2v) is 8.00. The summed E-state index contributed by atoms with van der Waals surface area (Å²) in [5, 5.41) is 12.0. The molecule has 2 atom stereocenters. The van der Waals surface area contributed by atoms with Gasteiger partial charge in [0.15, 0.2) is 5.82 Å². The molecule has 28 heavy (non-hydrogen) atoms. The maximum absolute atomic E-state index is 13.1. The maximum atomic E-state index is 13.1. The van der Waals surface area contributed by atoms with Crippen LogP contribution in [0.5, 0.6) is 0 Å². The fourth-order valence-corrected chi connectivity index (χ4v) is 4.34. The van der Waals surface area contributed by atoms with E-state index in [1.807, 2.05) is 66.2 Å². The van der Waals surface area contributed by atoms with Crippen molar-refractivity contribution in [1.82, 2.24) is 14.9 Å². The lowest BCUT2D eigenvalue weighted by Gasteiger charge is -2.33. The van der Waals surface area contributed by atoms with E-state index in [1.165, 1.54) is 11.8 Å². The van der Waals surface area contributed by atoms with Gasteiger partial charge in [0.1, 0.15) is 5.25 Å². The van der Waals surface area contributed by atoms with E-state index >= 15 is 0 Å². The van der Waals surface area contributed by atoms with Crippen molar-refractivity contribution in [1.29, 1.82) is 0 Å². The van der Waals surface area contributed by atoms with Crippen LogP contribution in [0.4, 0.5) is 5.69 Å². The van der Waals surface area contributed by atoms with E-state index in [4.69, 9.17) is 0 Å². The first-order valence-electron chi connectivity index (χ1n) is 9.45. The Bertz CT molecular complexity index is 955. The van der Waals surface area contributed by atoms with E-state index in [9.17, 15) is 4.79 Å². The Morgan fingerprint density at radius 1 is 1.14 bits per heavy atom. The van der Waals surface area contributed by atoms with Gasteiger partial charge in [-0.2, -0.15) is 0 Å². The summed E-state index contributed by atoms with van der Waals surface area (Å²) in [6.45, 7) is 4.14. The molecule has 1 aromatic heterocycles. The zero-order valence-corrected chi connectivity index (χ0v) is 16.7. The lowest BCUT2D eigenvalue weighted by molar-refractivity contribution is -0.116. The predicted molar refractivity (Wildman–Crippen MR) is 112 cm³/mol. The fourth-order valence-electron chi connectivity index (χ4n) is 3.25. The minimum absolute atomic E-state index is 0.0542. The first kappa shape index (κ1) is 18.6. The predicted octanol–water partition coefficient (Wildman–Crippen LogP) is 3.94. The molecule has 0 bridgehead atoms. The van der Waals surface area contributed by atoms with Gasteiger partial charge in [0.2, 0.25) is 11.1 Å². The second-order valence-electron chi connectivity index (χ2n) is 6.90. The van der Waals surface area contributed by atoms with Gasteiger partial charge in [0.05, 0.1) is 6.04 Å². The Morgan fingerprint density at radius 2 is 1.89 bits per heavy atom. The number of hydrogen-bond acceptors (Lipinski definition) is 5. The minimum atomic E-state index is -0.366. The van der Waals surface area contributed by atoms with Crippen LogP contribution in [0, 0.1) is 6.92 Å². The Morgan fingerprint density at radius 3 is 2.61 bits per heavy atom. The number of hydrogen-bond donors (Lipinski definition) is 2. The summed E-state index contributed by atoms with van der Waals surface area (Å²) in [6, 6.07) is 17.7. The van der Waals surface area contributed by atoms with Crippen molar-refractivity contribution < 1.29 is 4.79 Å². The zero-order chi connectivity index (χ0) is 19.5. The first-order chi connectivity index (χ1) is 13.7. The molecule has 2 aromatic carbocycles. The van der Waals surface area contributed by atoms with Crippen molar-refractivity contribution in [2.24, 2.45) is 0 Å². The molecule has 2 heterocycles. The molecule has 2 unspecified atom stereocenters. The molecule has 0 aliphatic carbocycles. The lowest BCUT2D eigenvalue weighted by Crippen LogP contribution is -2.41. The van der Waals surface area contributed by atoms with E-state index in [0.717, 1.165) is 40.6 Å². The van der Waals surface area contributed by atoms with Crippen LogP contribution < -0.4 is 10.7 Å². The lowest BCUT2D eigenvalue weighted by atomic mass is 10.0. The van der Waals surface area contributed by atoms with Crippen molar-refractivity contribution in [3.63, 3.8) is 0 Å². The third-order valence-corrected chi connectivity index (χ3v) is 5.93. The zero-order valence-electron chi connectivity index (χ0n) is 15.9. The molecule has 0 saturated carbocycles. The van der Waals surface area contributed by atoms with E-state index in [2.05, 4.69) is 27.9 Å². The normalized spacial score (nSPS) is 18.2. The second kappa shape index (κ2) is 8.06. The number of thioether (sulfide) groups is 1. The highest BCUT2D eigenvalue weighted by Gasteiger charge is 2.37. The molecule has 1 aliphatic rings. The van der Waals surface area contributed by atoms with Crippen LogP contribution in [-0.2, 0) is 11.2 Å². The average Bonchev–Trinajstić information content (AvgIpc) is 3.12. The standard InChI is InChI=1S/C21H23N5OS/c1-3-7-17-23-24-21-26(17)25-18(15-8-5-4-6-9-15)19(28-21)20(27)22-16-12-10-14(2)11-13-16/h4-6,8-13,18-19,25H,3,7H2,1-2H3,(H,22,27). The van der Waals surface area contributed by atoms with Crippen LogP contribution in [-0.4, -0.2) is 26.0 Å². The van der Waals surface area contributed by atoms with Crippen LogP contribution in [0.3, 0.4) is 0 Å². The van der Waals surface area contributed by atoms with Gasteiger partial charge in [-0.1, -0.05) is 66.7 Å². The topological polar surface area (TPSA) is 71.8 Å². The highest BCUT2D eigenvalue weighted by Crippen LogP contribution is 2.37. The van der Waals surface area contributed by atoms with E-state index in [1.54, 1.807) is 0 Å². The number of benzene rings is 2. The smallest absolute Gasteiger partial charge is 0.240 e. The number of amides is 1. The summed E-state index contributed by atoms with van der Waals surface area (Å²) in [4.78, 5) is 13.1. The molecule has 2 N–H and O–H groups in total. The summed E-state index contributed by atoms with van der Waals surface area (Å²) < 4.78 is 1.93. The van der Waals surface area contributed by atoms with Crippen molar-refractivity contribution in [3.8, 4) is 0 Å². The number of aromatic nitrogens is 3. The minimum Gasteiger partial charge on any atom is -0.325 e. The molecule has 7 heteroatoms. The molecule has 0 spiro atoms. The molecule has 0 saturated heterocycles. The van der Waals surface area contributed by atoms with Crippen LogP contribution in [0.2, 0.25) is 0 Å². The van der Waals surface area contributed by atoms with Gasteiger partial charge in [-0.05, 0) is 31.0 Å². The number of aryl methyl sites for hydroxylation is 2. The Kier molecular flexibility index (Phi) is 5.34. The van der Waals surface area contributed by atoms with Crippen molar-refractivity contribution >= 4 is 23.4 Å². The monoisotopic (exact) mass is 393 g/mol. The fraction of sp³-hybridized carbons (Fsp3) is 0.286. The molecule has 0 fully saturated rings. The molecule has 4 rings (SSSR count). The van der Waals surface area contributed by atoms with E-state index in [0.29, 0.717) is 0 Å². The summed E-state index contributed by atoms with van der Waals surface area (Å²) in [5.41, 5.74) is 6.49. The van der Waals surface area contributed by atoms with E-state index in [-0.39, 0.29) is 17.2 Å². The largest absolute Gasteiger partial charge is 0.325 e. The molecular weight excluding hydrogens is 370 g/mol. The molecule has 0 radical (unpaired) electrons. The Hall–Kier alpha value is -2.80. The number of carbonyl (C=O) groups is 1. The maximum Gasteiger partial charge on any atom is 0.240 e. The molecule has 6 nitrogen and oxygen atoms in total. The van der Waals surface area contributed by atoms with Crippen LogP contribution in [0.1, 0.15) is 36.3 Å². The van der Waals surface area contributed by atoms with Crippen molar-refractivity contribution in [2.75, 3.05) is 10.7 Å². The van der Waals surface area contributed by atoms with Crippen LogP contribution >= 0.6 is 11.8 Å². The molecule has 3 aromatic rings. The number of fused-ring (bicyclic) bond motifs is 1. The third-order valence-electron chi connectivity index (χ3n) is 4.71. The quantitative estimate of drug-likeness (QED) is 0.687. The number of carbonyl (C=O) groups excluding carboxylic acids is 1. The molecule has 144 valence electrons. The van der Waals surface area contributed by atoms with Gasteiger partial charge in [-0.15, -0.1) is 10.2 Å². The van der Waals surface area contributed by atoms with Gasteiger partial charge < -0.3 is 10.7 Å². The summed E-state index contributed by atoms with van der Waals surface area (Å²) >= 11 is 1.45. The first-order valence-corrected chi connectivity index (χ1v) is 10.3. The van der Waals surface area contributed by atoms with E-state index < -0.39 is 0 Å². The van der Waals surface area contributed by atoms with Gasteiger partial charge in [-0.25, -0.2) is 4.68 Å². The number of nitrogens with one attached hydrogen (secondary N) is 2. The van der Waals surface area contributed by atoms with Gasteiger partial charge in [0, 0.05) is 12.1 Å². The Balaban J connectivity index is 1.64. The summed E-state index contributed by atoms with van der Waals surface area (Å²) in [5.74, 6) is 0.838. The van der Waals surface area contributed by atoms with Gasteiger partial charge in [0.25, 0.3) is 0 Å². The molecule has 1 amide bonds. The molecule has 1 aliphatic heterocycles. The van der Waals surface area contributed by atoms with Crippen molar-refractivity contribution in [2.45, 2.75) is 43.1 Å². The summed E-state index contributed by atoms with van der Waals surface area (Å²) in [7, 11) is 0. The third kappa shape index (κ3) is 3.75. The summed E-state index contributed by atoms with van der Waals surface area (Å²) in [6.07, 6.45) is 1.82. The van der Waals surface area contributed by atoms with Crippen molar-refractivity contribution in [3.05, 3.63) is 71.5 Å². The van der Waals surface area contributed by atoms with Gasteiger partial charge >= 0.3 is 0 Å². The SMILES string of the molecule is CCCc1nnc2n1NC(c1ccccc1)C(C(=O)Nc1ccc(C)cc1)S2. The number of anilines is 1. The highest BCUT2D eigenvalue weighted by atomic mass is 32.2.